The van der Waals surface area contributed by atoms with Crippen molar-refractivity contribution in [2.24, 2.45) is 0 Å². The molecule has 0 fully saturated rings. The first-order valence-corrected chi connectivity index (χ1v) is 8.32. The highest BCUT2D eigenvalue weighted by Crippen LogP contribution is 2.25. The molecule has 2 rings (SSSR count). The Labute approximate surface area is 147 Å². The van der Waals surface area contributed by atoms with Crippen molar-refractivity contribution in [1.29, 1.82) is 0 Å². The molecule has 0 saturated carbocycles. The van der Waals surface area contributed by atoms with Crippen molar-refractivity contribution in [3.8, 4) is 5.75 Å². The quantitative estimate of drug-likeness (QED) is 0.810. The zero-order valence-electron chi connectivity index (χ0n) is 14.7. The lowest BCUT2D eigenvalue weighted by Gasteiger charge is -2.14. The fourth-order valence-electron chi connectivity index (χ4n) is 2.15. The number of hydrogen-bond donors (Lipinski definition) is 2. The van der Waals surface area contributed by atoms with Crippen molar-refractivity contribution in [2.75, 3.05) is 11.9 Å². The molecule has 1 aromatic heterocycles. The number of carbonyl (C=O) groups is 2. The smallest absolute Gasteiger partial charge is 0.274 e. The standard InChI is InChI=1S/C19H23N3O3/c1-4-10-21-18(23)14-9-11-20-16(12-14)19(24)22-15-7-5-6-8-17(15)25-13(2)3/h5-9,11-13H,4,10H2,1-3H3,(H,21,23)(H,22,24). The lowest BCUT2D eigenvalue weighted by molar-refractivity contribution is 0.0953. The van der Waals surface area contributed by atoms with Gasteiger partial charge in [-0.15, -0.1) is 0 Å². The van der Waals surface area contributed by atoms with E-state index in [2.05, 4.69) is 15.6 Å². The van der Waals surface area contributed by atoms with Crippen LogP contribution in [0.3, 0.4) is 0 Å². The molecule has 0 spiro atoms. The molecule has 6 nitrogen and oxygen atoms in total. The monoisotopic (exact) mass is 341 g/mol. The number of nitrogens with one attached hydrogen (secondary N) is 2. The summed E-state index contributed by atoms with van der Waals surface area (Å²) >= 11 is 0. The Morgan fingerprint density at radius 3 is 2.64 bits per heavy atom. The summed E-state index contributed by atoms with van der Waals surface area (Å²) in [6.07, 6.45) is 2.28. The summed E-state index contributed by atoms with van der Waals surface area (Å²) in [5.74, 6) is -0.0329. The Hall–Kier alpha value is -2.89. The number of benzene rings is 1. The van der Waals surface area contributed by atoms with Crippen LogP contribution in [0.4, 0.5) is 5.69 Å². The van der Waals surface area contributed by atoms with Crippen molar-refractivity contribution in [1.82, 2.24) is 10.3 Å². The van der Waals surface area contributed by atoms with Crippen LogP contribution in [0.1, 0.15) is 48.0 Å². The van der Waals surface area contributed by atoms with Crippen LogP contribution in [-0.4, -0.2) is 29.4 Å². The van der Waals surface area contributed by atoms with Crippen LogP contribution in [-0.2, 0) is 0 Å². The molecule has 0 unspecified atom stereocenters. The van der Waals surface area contributed by atoms with Crippen molar-refractivity contribution in [3.05, 3.63) is 53.9 Å². The van der Waals surface area contributed by atoms with Gasteiger partial charge in [0, 0.05) is 18.3 Å². The minimum Gasteiger partial charge on any atom is -0.489 e. The van der Waals surface area contributed by atoms with E-state index in [-0.39, 0.29) is 17.7 Å². The van der Waals surface area contributed by atoms with Gasteiger partial charge in [-0.25, -0.2) is 0 Å². The van der Waals surface area contributed by atoms with Crippen molar-refractivity contribution >= 4 is 17.5 Å². The molecule has 0 aliphatic carbocycles. The Balaban J connectivity index is 2.15. The first-order valence-electron chi connectivity index (χ1n) is 8.32. The number of ether oxygens (including phenoxy) is 1. The number of pyridine rings is 1. The SMILES string of the molecule is CCCNC(=O)c1ccnc(C(=O)Nc2ccccc2OC(C)C)c1. The predicted molar refractivity (Wildman–Crippen MR) is 97.0 cm³/mol. The molecular formula is C19H23N3O3. The normalized spacial score (nSPS) is 10.4. The van der Waals surface area contributed by atoms with E-state index in [0.29, 0.717) is 23.5 Å². The molecule has 1 heterocycles. The molecule has 0 saturated heterocycles. The van der Waals surface area contributed by atoms with E-state index in [0.717, 1.165) is 6.42 Å². The summed E-state index contributed by atoms with van der Waals surface area (Å²) in [4.78, 5) is 28.6. The second-order valence-electron chi connectivity index (χ2n) is 5.80. The van der Waals surface area contributed by atoms with Gasteiger partial charge in [0.15, 0.2) is 0 Å². The Bertz CT molecular complexity index is 744. The lowest BCUT2D eigenvalue weighted by atomic mass is 10.2. The number of anilines is 1. The summed E-state index contributed by atoms with van der Waals surface area (Å²) in [5.41, 5.74) is 1.13. The van der Waals surface area contributed by atoms with Crippen LogP contribution in [0.15, 0.2) is 42.6 Å². The van der Waals surface area contributed by atoms with Crippen molar-refractivity contribution < 1.29 is 14.3 Å². The molecule has 0 bridgehead atoms. The van der Waals surface area contributed by atoms with Gasteiger partial charge in [-0.3, -0.25) is 14.6 Å². The van der Waals surface area contributed by atoms with Gasteiger partial charge in [-0.2, -0.15) is 0 Å². The lowest BCUT2D eigenvalue weighted by Crippen LogP contribution is -2.24. The summed E-state index contributed by atoms with van der Waals surface area (Å²) in [5, 5.41) is 5.56. The topological polar surface area (TPSA) is 80.3 Å². The van der Waals surface area contributed by atoms with E-state index < -0.39 is 5.91 Å². The number of para-hydroxylation sites is 2. The Morgan fingerprint density at radius 1 is 1.16 bits per heavy atom. The van der Waals surface area contributed by atoms with Gasteiger partial charge in [0.25, 0.3) is 11.8 Å². The Morgan fingerprint density at radius 2 is 1.92 bits per heavy atom. The van der Waals surface area contributed by atoms with Gasteiger partial charge in [0.2, 0.25) is 0 Å². The third-order valence-electron chi connectivity index (χ3n) is 3.29. The molecule has 2 N–H and O–H groups in total. The highest BCUT2D eigenvalue weighted by Gasteiger charge is 2.14. The zero-order valence-corrected chi connectivity index (χ0v) is 14.7. The molecule has 6 heteroatoms. The van der Waals surface area contributed by atoms with Gasteiger partial charge in [0.05, 0.1) is 11.8 Å². The van der Waals surface area contributed by atoms with Gasteiger partial charge in [0.1, 0.15) is 11.4 Å². The largest absolute Gasteiger partial charge is 0.489 e. The molecule has 2 amide bonds. The molecule has 132 valence electrons. The van der Waals surface area contributed by atoms with Crippen LogP contribution in [0.2, 0.25) is 0 Å². The van der Waals surface area contributed by atoms with E-state index >= 15 is 0 Å². The summed E-state index contributed by atoms with van der Waals surface area (Å²) in [6, 6.07) is 10.3. The van der Waals surface area contributed by atoms with Crippen LogP contribution in [0.5, 0.6) is 5.75 Å². The maximum atomic E-state index is 12.5. The highest BCUT2D eigenvalue weighted by atomic mass is 16.5. The minimum absolute atomic E-state index is 0.0123. The van der Waals surface area contributed by atoms with Crippen LogP contribution >= 0.6 is 0 Å². The first-order chi connectivity index (χ1) is 12.0. The van der Waals surface area contributed by atoms with E-state index in [1.807, 2.05) is 32.9 Å². The Kier molecular flexibility index (Phi) is 6.51. The number of hydrogen-bond acceptors (Lipinski definition) is 4. The maximum Gasteiger partial charge on any atom is 0.274 e. The van der Waals surface area contributed by atoms with Crippen LogP contribution in [0, 0.1) is 0 Å². The van der Waals surface area contributed by atoms with Crippen LogP contribution < -0.4 is 15.4 Å². The fourth-order valence-corrected chi connectivity index (χ4v) is 2.15. The van der Waals surface area contributed by atoms with Gasteiger partial charge < -0.3 is 15.4 Å². The molecule has 0 radical (unpaired) electrons. The molecule has 2 aromatic rings. The van der Waals surface area contributed by atoms with Gasteiger partial charge >= 0.3 is 0 Å². The number of aromatic nitrogens is 1. The third kappa shape index (κ3) is 5.31. The molecule has 1 aromatic carbocycles. The van der Waals surface area contributed by atoms with E-state index in [9.17, 15) is 9.59 Å². The zero-order chi connectivity index (χ0) is 18.2. The van der Waals surface area contributed by atoms with E-state index in [1.165, 1.54) is 12.3 Å². The fraction of sp³-hybridized carbons (Fsp3) is 0.316. The number of nitrogens with zero attached hydrogens (tertiary/aromatic N) is 1. The average molecular weight is 341 g/mol. The molecule has 25 heavy (non-hydrogen) atoms. The summed E-state index contributed by atoms with van der Waals surface area (Å²) in [6.45, 7) is 6.39. The van der Waals surface area contributed by atoms with Crippen molar-refractivity contribution in [2.45, 2.75) is 33.3 Å². The van der Waals surface area contributed by atoms with Crippen LogP contribution in [0.25, 0.3) is 0 Å². The number of carbonyl (C=O) groups excluding carboxylic acids is 2. The van der Waals surface area contributed by atoms with Crippen molar-refractivity contribution in [3.63, 3.8) is 0 Å². The molecule has 0 aliphatic rings. The minimum atomic E-state index is -0.398. The summed E-state index contributed by atoms with van der Waals surface area (Å²) < 4.78 is 5.69. The second kappa shape index (κ2) is 8.82. The summed E-state index contributed by atoms with van der Waals surface area (Å²) in [7, 11) is 0. The third-order valence-corrected chi connectivity index (χ3v) is 3.29. The number of amides is 2. The molecule has 0 aliphatic heterocycles. The van der Waals surface area contributed by atoms with Gasteiger partial charge in [-0.1, -0.05) is 19.1 Å². The average Bonchev–Trinajstić information content (AvgIpc) is 2.61. The van der Waals surface area contributed by atoms with E-state index in [1.54, 1.807) is 18.2 Å². The number of rotatable bonds is 7. The van der Waals surface area contributed by atoms with Gasteiger partial charge in [-0.05, 0) is 44.5 Å². The van der Waals surface area contributed by atoms with E-state index in [4.69, 9.17) is 4.74 Å². The highest BCUT2D eigenvalue weighted by molar-refractivity contribution is 6.05. The second-order valence-corrected chi connectivity index (χ2v) is 5.80. The first kappa shape index (κ1) is 18.4. The maximum absolute atomic E-state index is 12.5. The predicted octanol–water partition coefficient (Wildman–Crippen LogP) is 3.26. The molecular weight excluding hydrogens is 318 g/mol. The molecule has 0 atom stereocenters.